The predicted octanol–water partition coefficient (Wildman–Crippen LogP) is 4.40. The van der Waals surface area contributed by atoms with Crippen LogP contribution in [0.15, 0.2) is 29.2 Å². The lowest BCUT2D eigenvalue weighted by atomic mass is 9.84. The number of rotatable bonds is 7. The Morgan fingerprint density at radius 3 is 2.67 bits per heavy atom. The summed E-state index contributed by atoms with van der Waals surface area (Å²) in [5.41, 5.74) is 0. The van der Waals surface area contributed by atoms with Gasteiger partial charge in [-0.05, 0) is 43.9 Å². The molecule has 2 unspecified atom stereocenters. The molecular weight excluding hydrogens is 302 g/mol. The number of hydrogen-bond donors (Lipinski definition) is 1. The third kappa shape index (κ3) is 5.08. The summed E-state index contributed by atoms with van der Waals surface area (Å²) in [4.78, 5) is 0.776. The smallest absolute Gasteiger partial charge is 0.0574 e. The van der Waals surface area contributed by atoms with Crippen molar-refractivity contribution >= 4 is 22.4 Å². The zero-order chi connectivity index (χ0) is 15.1. The minimum Gasteiger partial charge on any atom is -0.313 e. The lowest BCUT2D eigenvalue weighted by molar-refractivity contribution is 0.284. The fourth-order valence-electron chi connectivity index (χ4n) is 3.11. The third-order valence-corrected chi connectivity index (χ3v) is 6.24. The Labute approximate surface area is 136 Å². The Morgan fingerprint density at radius 2 is 2.00 bits per heavy atom. The highest BCUT2D eigenvalue weighted by Crippen LogP contribution is 2.28. The molecule has 1 aromatic carbocycles. The molecule has 2 rings (SSSR count). The van der Waals surface area contributed by atoms with Crippen LogP contribution in [-0.2, 0) is 10.8 Å². The third-order valence-electron chi connectivity index (χ3n) is 4.29. The molecule has 118 valence electrons. The fraction of sp³-hybridized carbons (Fsp3) is 0.647. The van der Waals surface area contributed by atoms with E-state index in [9.17, 15) is 4.21 Å². The van der Waals surface area contributed by atoms with Crippen molar-refractivity contribution < 1.29 is 4.21 Å². The molecule has 1 aliphatic rings. The molecule has 1 aromatic rings. The summed E-state index contributed by atoms with van der Waals surface area (Å²) in [6.45, 7) is 3.18. The summed E-state index contributed by atoms with van der Waals surface area (Å²) in [6, 6.07) is 7.85. The molecule has 0 amide bonds. The van der Waals surface area contributed by atoms with Crippen LogP contribution in [0.25, 0.3) is 0 Å². The molecule has 1 saturated carbocycles. The van der Waals surface area contributed by atoms with Crippen molar-refractivity contribution in [2.45, 2.75) is 56.4 Å². The summed E-state index contributed by atoms with van der Waals surface area (Å²) < 4.78 is 12.7. The minimum atomic E-state index is -1.02. The first kappa shape index (κ1) is 17.0. The monoisotopic (exact) mass is 327 g/mol. The van der Waals surface area contributed by atoms with Gasteiger partial charge in [-0.25, -0.2) is 0 Å². The molecule has 1 aliphatic carbocycles. The zero-order valence-corrected chi connectivity index (χ0v) is 14.4. The summed E-state index contributed by atoms with van der Waals surface area (Å²) in [5.74, 6) is 1.34. The van der Waals surface area contributed by atoms with E-state index in [1.807, 2.05) is 24.3 Å². The van der Waals surface area contributed by atoms with E-state index < -0.39 is 10.8 Å². The molecule has 0 bridgehead atoms. The maximum absolute atomic E-state index is 12.7. The molecule has 1 N–H and O–H groups in total. The highest BCUT2D eigenvalue weighted by atomic mass is 35.5. The van der Waals surface area contributed by atoms with Gasteiger partial charge in [-0.2, -0.15) is 0 Å². The standard InChI is InChI=1S/C17H26ClNOS/c1-2-12-19-16(14-8-4-3-5-9-14)13-21(20)17-11-7-6-10-15(17)18/h6-7,10-11,14,16,19H,2-5,8-9,12-13H2,1H3. The van der Waals surface area contributed by atoms with Crippen molar-refractivity contribution in [2.75, 3.05) is 12.3 Å². The molecule has 0 radical (unpaired) electrons. The fourth-order valence-corrected chi connectivity index (χ4v) is 4.92. The first-order valence-corrected chi connectivity index (χ1v) is 9.78. The van der Waals surface area contributed by atoms with E-state index in [1.165, 1.54) is 32.1 Å². The summed E-state index contributed by atoms with van der Waals surface area (Å²) in [7, 11) is -1.02. The Kier molecular flexibility index (Phi) is 7.21. The van der Waals surface area contributed by atoms with Crippen LogP contribution in [0, 0.1) is 5.92 Å². The highest BCUT2D eigenvalue weighted by Gasteiger charge is 2.25. The molecule has 1 fully saturated rings. The van der Waals surface area contributed by atoms with Crippen molar-refractivity contribution in [3.8, 4) is 0 Å². The van der Waals surface area contributed by atoms with Gasteiger partial charge in [-0.1, -0.05) is 49.9 Å². The number of halogens is 1. The molecule has 0 spiro atoms. The van der Waals surface area contributed by atoms with Crippen LogP contribution in [0.3, 0.4) is 0 Å². The number of hydrogen-bond acceptors (Lipinski definition) is 2. The predicted molar refractivity (Wildman–Crippen MR) is 91.4 cm³/mol. The Balaban J connectivity index is 2.03. The van der Waals surface area contributed by atoms with E-state index in [2.05, 4.69) is 12.2 Å². The Morgan fingerprint density at radius 1 is 1.29 bits per heavy atom. The van der Waals surface area contributed by atoms with E-state index in [1.54, 1.807) is 0 Å². The normalized spacial score (nSPS) is 19.3. The van der Waals surface area contributed by atoms with Gasteiger partial charge in [0.2, 0.25) is 0 Å². The van der Waals surface area contributed by atoms with Crippen LogP contribution in [0.4, 0.5) is 0 Å². The second kappa shape index (κ2) is 8.92. The van der Waals surface area contributed by atoms with E-state index in [0.717, 1.165) is 17.9 Å². The lowest BCUT2D eigenvalue weighted by Crippen LogP contribution is -2.41. The first-order chi connectivity index (χ1) is 10.2. The van der Waals surface area contributed by atoms with Crippen LogP contribution in [0.5, 0.6) is 0 Å². The maximum Gasteiger partial charge on any atom is 0.0574 e. The minimum absolute atomic E-state index is 0.349. The highest BCUT2D eigenvalue weighted by molar-refractivity contribution is 7.85. The Bertz CT molecular complexity index is 460. The summed E-state index contributed by atoms with van der Waals surface area (Å²) in [6.07, 6.45) is 7.62. The van der Waals surface area contributed by atoms with Crippen molar-refractivity contribution in [3.63, 3.8) is 0 Å². The van der Waals surface area contributed by atoms with Crippen LogP contribution >= 0.6 is 11.6 Å². The van der Waals surface area contributed by atoms with Gasteiger partial charge >= 0.3 is 0 Å². The van der Waals surface area contributed by atoms with E-state index >= 15 is 0 Å². The van der Waals surface area contributed by atoms with Crippen LogP contribution in [0.1, 0.15) is 45.4 Å². The van der Waals surface area contributed by atoms with Crippen LogP contribution in [0.2, 0.25) is 5.02 Å². The quantitative estimate of drug-likeness (QED) is 0.804. The van der Waals surface area contributed by atoms with Crippen molar-refractivity contribution in [3.05, 3.63) is 29.3 Å². The zero-order valence-electron chi connectivity index (χ0n) is 12.8. The van der Waals surface area contributed by atoms with Gasteiger partial charge in [-0.15, -0.1) is 0 Å². The Hall–Kier alpha value is -0.380. The molecule has 0 heterocycles. The number of benzene rings is 1. The van der Waals surface area contributed by atoms with Gasteiger partial charge in [-0.3, -0.25) is 4.21 Å². The van der Waals surface area contributed by atoms with Gasteiger partial charge in [0.15, 0.2) is 0 Å². The topological polar surface area (TPSA) is 29.1 Å². The molecule has 0 aliphatic heterocycles. The molecule has 4 heteroatoms. The summed E-state index contributed by atoms with van der Waals surface area (Å²) >= 11 is 6.18. The second-order valence-electron chi connectivity index (χ2n) is 5.90. The first-order valence-electron chi connectivity index (χ1n) is 8.08. The van der Waals surface area contributed by atoms with E-state index in [-0.39, 0.29) is 0 Å². The lowest BCUT2D eigenvalue weighted by Gasteiger charge is -2.31. The molecular formula is C17H26ClNOS. The van der Waals surface area contributed by atoms with Crippen LogP contribution < -0.4 is 5.32 Å². The van der Waals surface area contributed by atoms with Crippen molar-refractivity contribution in [1.82, 2.24) is 5.32 Å². The average molecular weight is 328 g/mol. The summed E-state index contributed by atoms with van der Waals surface area (Å²) in [5, 5.41) is 4.24. The average Bonchev–Trinajstić information content (AvgIpc) is 2.52. The van der Waals surface area contributed by atoms with Gasteiger partial charge in [0.1, 0.15) is 0 Å². The van der Waals surface area contributed by atoms with Crippen LogP contribution in [-0.4, -0.2) is 22.5 Å². The largest absolute Gasteiger partial charge is 0.313 e. The van der Waals surface area contributed by atoms with Gasteiger partial charge in [0, 0.05) is 11.8 Å². The van der Waals surface area contributed by atoms with E-state index in [0.29, 0.717) is 22.7 Å². The molecule has 2 nitrogen and oxygen atoms in total. The SMILES string of the molecule is CCCNC(CS(=O)c1ccccc1Cl)C1CCCCC1. The van der Waals surface area contributed by atoms with Crippen molar-refractivity contribution in [2.24, 2.45) is 5.92 Å². The number of nitrogens with one attached hydrogen (secondary N) is 1. The molecule has 0 aromatic heterocycles. The molecule has 21 heavy (non-hydrogen) atoms. The maximum atomic E-state index is 12.7. The second-order valence-corrected chi connectivity index (χ2v) is 7.77. The van der Waals surface area contributed by atoms with Gasteiger partial charge < -0.3 is 5.32 Å². The molecule has 2 atom stereocenters. The van der Waals surface area contributed by atoms with Gasteiger partial charge in [0.05, 0.1) is 20.7 Å². The molecule has 0 saturated heterocycles. The van der Waals surface area contributed by atoms with Crippen molar-refractivity contribution in [1.29, 1.82) is 0 Å². The van der Waals surface area contributed by atoms with E-state index in [4.69, 9.17) is 11.6 Å². The van der Waals surface area contributed by atoms with Gasteiger partial charge in [0.25, 0.3) is 0 Å².